The van der Waals surface area contributed by atoms with E-state index in [2.05, 4.69) is 20.9 Å². The minimum absolute atomic E-state index is 0.399. The Morgan fingerprint density at radius 2 is 1.93 bits per heavy atom. The number of rotatable bonds is 6. The molecular weight excluding hydrogens is 378 g/mol. The Labute approximate surface area is 173 Å². The minimum Gasteiger partial charge on any atom is -0.388 e. The van der Waals surface area contributed by atoms with Gasteiger partial charge in [0, 0.05) is 60.0 Å². The zero-order chi connectivity index (χ0) is 21.1. The number of anilines is 1. The molecule has 0 saturated heterocycles. The summed E-state index contributed by atoms with van der Waals surface area (Å²) >= 11 is 0. The second-order valence-electron chi connectivity index (χ2n) is 6.91. The van der Waals surface area contributed by atoms with Gasteiger partial charge in [0.1, 0.15) is 5.65 Å². The van der Waals surface area contributed by atoms with Gasteiger partial charge in [0.2, 0.25) is 0 Å². The smallest absolute Gasteiger partial charge is 0.274 e. The van der Waals surface area contributed by atoms with E-state index < -0.39 is 5.91 Å². The Morgan fingerprint density at radius 3 is 2.63 bits per heavy atom. The minimum atomic E-state index is -0.530. The zero-order valence-corrected chi connectivity index (χ0v) is 16.4. The molecule has 0 radical (unpaired) electrons. The number of fused-ring (bicyclic) bond motifs is 1. The van der Waals surface area contributed by atoms with Crippen LogP contribution in [0.25, 0.3) is 22.2 Å². The van der Waals surface area contributed by atoms with Gasteiger partial charge in [-0.15, -0.1) is 0 Å². The van der Waals surface area contributed by atoms with Gasteiger partial charge in [-0.25, -0.2) is 10.5 Å². The average Bonchev–Trinajstić information content (AvgIpc) is 3.20. The first-order chi connectivity index (χ1) is 14.6. The Hall–Kier alpha value is -3.97. The molecule has 0 fully saturated rings. The summed E-state index contributed by atoms with van der Waals surface area (Å²) in [6, 6.07) is 17.1. The molecule has 4 aromatic rings. The highest BCUT2D eigenvalue weighted by Crippen LogP contribution is 2.27. The fourth-order valence-electron chi connectivity index (χ4n) is 3.46. The number of carbonyl (C=O) groups is 1. The molecule has 4 N–H and O–H groups in total. The molecule has 1 amide bonds. The fraction of sp³-hybridized carbons (Fsp3) is 0.0870. The maximum Gasteiger partial charge on any atom is 0.274 e. The van der Waals surface area contributed by atoms with Crippen molar-refractivity contribution in [2.45, 2.75) is 6.54 Å². The number of carbonyl (C=O) groups excluding carboxylic acids is 1. The second-order valence-corrected chi connectivity index (χ2v) is 6.91. The number of amides is 1. The van der Waals surface area contributed by atoms with Crippen molar-refractivity contribution in [1.82, 2.24) is 15.0 Å². The van der Waals surface area contributed by atoms with Crippen LogP contribution in [0.15, 0.2) is 67.0 Å². The van der Waals surface area contributed by atoms with Gasteiger partial charge < -0.3 is 15.3 Å². The van der Waals surface area contributed by atoms with E-state index in [1.165, 1.54) is 6.21 Å². The molecule has 2 heterocycles. The van der Waals surface area contributed by atoms with E-state index >= 15 is 0 Å². The lowest BCUT2D eigenvalue weighted by molar-refractivity contribution is 0.0706. The number of hydroxylamine groups is 1. The largest absolute Gasteiger partial charge is 0.388 e. The molecule has 30 heavy (non-hydrogen) atoms. The summed E-state index contributed by atoms with van der Waals surface area (Å²) in [7, 11) is 1.84. The van der Waals surface area contributed by atoms with Crippen LogP contribution >= 0.6 is 0 Å². The van der Waals surface area contributed by atoms with Crippen LogP contribution in [0.1, 0.15) is 21.5 Å². The molecule has 0 bridgehead atoms. The average molecular weight is 399 g/mol. The molecule has 0 aliphatic carbocycles. The van der Waals surface area contributed by atoms with Crippen molar-refractivity contribution in [3.63, 3.8) is 0 Å². The standard InChI is InChI=1S/C23H21N5O2/c1-25-21-11-17(6-7-19(21)12-24)20-10-18-8-9-28(22(18)26-13-20)14-15-2-4-16(5-3-15)23(29)27-30/h2-13,24-25,30H,14H2,1H3,(H,27,29). The van der Waals surface area contributed by atoms with Crippen molar-refractivity contribution >= 4 is 28.8 Å². The third-order valence-electron chi connectivity index (χ3n) is 5.08. The van der Waals surface area contributed by atoms with Crippen LogP contribution in [0.4, 0.5) is 5.69 Å². The van der Waals surface area contributed by atoms with Crippen molar-refractivity contribution in [3.05, 3.63) is 83.7 Å². The van der Waals surface area contributed by atoms with Crippen LogP contribution in [0.5, 0.6) is 0 Å². The molecule has 2 aromatic heterocycles. The first kappa shape index (κ1) is 19.4. The highest BCUT2D eigenvalue weighted by atomic mass is 16.5. The molecular formula is C23H21N5O2. The molecule has 4 rings (SSSR count). The second kappa shape index (κ2) is 8.18. The molecule has 0 spiro atoms. The summed E-state index contributed by atoms with van der Waals surface area (Å²) in [4.78, 5) is 16.1. The molecule has 0 aliphatic rings. The van der Waals surface area contributed by atoms with Crippen molar-refractivity contribution in [2.75, 3.05) is 12.4 Å². The summed E-state index contributed by atoms with van der Waals surface area (Å²) < 4.78 is 2.05. The number of pyridine rings is 1. The Balaban J connectivity index is 1.61. The number of hydrogen-bond acceptors (Lipinski definition) is 5. The lowest BCUT2D eigenvalue weighted by atomic mass is 10.0. The van der Waals surface area contributed by atoms with Gasteiger partial charge in [-0.05, 0) is 41.5 Å². The number of hydrogen-bond donors (Lipinski definition) is 4. The van der Waals surface area contributed by atoms with Crippen molar-refractivity contribution in [2.24, 2.45) is 0 Å². The number of benzene rings is 2. The summed E-state index contributed by atoms with van der Waals surface area (Å²) in [6.45, 7) is 0.620. The van der Waals surface area contributed by atoms with Gasteiger partial charge in [-0.2, -0.15) is 0 Å². The van der Waals surface area contributed by atoms with Crippen LogP contribution in [0.3, 0.4) is 0 Å². The highest BCUT2D eigenvalue weighted by Gasteiger charge is 2.09. The third kappa shape index (κ3) is 3.66. The normalized spacial score (nSPS) is 10.7. The van der Waals surface area contributed by atoms with Gasteiger partial charge in [-0.3, -0.25) is 10.0 Å². The SMILES string of the molecule is CNc1cc(-c2cnc3c(ccn3Cc3ccc(C(=O)NO)cc3)c2)ccc1C=N. The molecule has 0 saturated carbocycles. The fourth-order valence-corrected chi connectivity index (χ4v) is 3.46. The third-order valence-corrected chi connectivity index (χ3v) is 5.08. The van der Waals surface area contributed by atoms with E-state index in [0.717, 1.165) is 39.0 Å². The maximum absolute atomic E-state index is 11.5. The van der Waals surface area contributed by atoms with Crippen LogP contribution in [-0.2, 0) is 6.54 Å². The van der Waals surface area contributed by atoms with Crippen LogP contribution < -0.4 is 10.8 Å². The molecule has 0 aliphatic heterocycles. The molecule has 7 heteroatoms. The van der Waals surface area contributed by atoms with Crippen molar-refractivity contribution in [3.8, 4) is 11.1 Å². The van der Waals surface area contributed by atoms with Gasteiger partial charge in [0.15, 0.2) is 0 Å². The molecule has 150 valence electrons. The first-order valence-corrected chi connectivity index (χ1v) is 9.44. The van der Waals surface area contributed by atoms with Crippen molar-refractivity contribution in [1.29, 1.82) is 5.41 Å². The van der Waals surface area contributed by atoms with E-state index in [0.29, 0.717) is 12.1 Å². The quantitative estimate of drug-likeness (QED) is 0.224. The first-order valence-electron chi connectivity index (χ1n) is 9.44. The lowest BCUT2D eigenvalue weighted by Crippen LogP contribution is -2.18. The van der Waals surface area contributed by atoms with E-state index in [1.54, 1.807) is 17.6 Å². The Morgan fingerprint density at radius 1 is 1.13 bits per heavy atom. The van der Waals surface area contributed by atoms with Gasteiger partial charge in [0.25, 0.3) is 5.91 Å². The lowest BCUT2D eigenvalue weighted by Gasteiger charge is -2.09. The highest BCUT2D eigenvalue weighted by molar-refractivity contribution is 5.93. The van der Waals surface area contributed by atoms with E-state index in [1.807, 2.05) is 55.8 Å². The van der Waals surface area contributed by atoms with Crippen LogP contribution in [-0.4, -0.2) is 33.9 Å². The predicted octanol–water partition coefficient (Wildman–Crippen LogP) is 3.91. The topological polar surface area (TPSA) is 103 Å². The number of nitrogens with zero attached hydrogens (tertiary/aromatic N) is 2. The van der Waals surface area contributed by atoms with Crippen molar-refractivity contribution < 1.29 is 10.0 Å². The van der Waals surface area contributed by atoms with Crippen LogP contribution in [0, 0.1) is 5.41 Å². The van der Waals surface area contributed by atoms with Gasteiger partial charge in [0.05, 0.1) is 0 Å². The number of nitrogens with one attached hydrogen (secondary N) is 3. The summed E-state index contributed by atoms with van der Waals surface area (Å²) in [5.41, 5.74) is 7.71. The summed E-state index contributed by atoms with van der Waals surface area (Å²) in [5.74, 6) is -0.530. The predicted molar refractivity (Wildman–Crippen MR) is 117 cm³/mol. The molecule has 0 unspecified atom stereocenters. The monoisotopic (exact) mass is 399 g/mol. The number of aromatic nitrogens is 2. The summed E-state index contributed by atoms with van der Waals surface area (Å²) in [5, 5.41) is 20.4. The van der Waals surface area contributed by atoms with E-state index in [4.69, 9.17) is 10.6 Å². The van der Waals surface area contributed by atoms with Gasteiger partial charge >= 0.3 is 0 Å². The molecule has 0 atom stereocenters. The van der Waals surface area contributed by atoms with E-state index in [9.17, 15) is 4.79 Å². The Kier molecular flexibility index (Phi) is 5.28. The maximum atomic E-state index is 11.5. The molecule has 2 aromatic carbocycles. The summed E-state index contributed by atoms with van der Waals surface area (Å²) in [6.07, 6.45) is 5.18. The van der Waals surface area contributed by atoms with E-state index in [-0.39, 0.29) is 0 Å². The zero-order valence-electron chi connectivity index (χ0n) is 16.4. The molecule has 7 nitrogen and oxygen atoms in total. The van der Waals surface area contributed by atoms with Crippen LogP contribution in [0.2, 0.25) is 0 Å². The Bertz CT molecular complexity index is 1230. The van der Waals surface area contributed by atoms with Gasteiger partial charge in [-0.1, -0.05) is 24.3 Å².